The van der Waals surface area contributed by atoms with Crippen molar-refractivity contribution in [3.05, 3.63) is 102 Å². The van der Waals surface area contributed by atoms with E-state index in [1.807, 2.05) is 84.9 Å². The standard InChI is InChI=1S/C33H40N4O6S/c1-42-33(39)37-31(30(24-11-4-2-5-12-24)25-13-6-3-7-14-25)32(38)36-29-15-9-8-10-23(29)16-17-27-21-34-26(22-43-27)20-35-44(40,41)28-18-19-28/h2-15,26-28,30-31,34-35H,16-22H2,1H3,(H,36,38)(H,37,39)/t26-,27-,31+/m1/s1. The van der Waals surface area contributed by atoms with Gasteiger partial charge in [0.2, 0.25) is 15.9 Å². The first-order valence-corrected chi connectivity index (χ1v) is 16.6. The molecular weight excluding hydrogens is 580 g/mol. The number of anilines is 1. The number of aryl methyl sites for hydroxylation is 1. The van der Waals surface area contributed by atoms with Gasteiger partial charge >= 0.3 is 6.09 Å². The summed E-state index contributed by atoms with van der Waals surface area (Å²) < 4.78 is 37.9. The van der Waals surface area contributed by atoms with Crippen LogP contribution in [0.1, 0.15) is 41.9 Å². The number of nitrogens with one attached hydrogen (secondary N) is 4. The molecule has 4 N–H and O–H groups in total. The minimum absolute atomic E-state index is 0.0515. The fraction of sp³-hybridized carbons (Fsp3) is 0.394. The Kier molecular flexibility index (Phi) is 10.6. The second-order valence-corrected chi connectivity index (χ2v) is 13.3. The summed E-state index contributed by atoms with van der Waals surface area (Å²) in [4.78, 5) is 26.4. The van der Waals surface area contributed by atoms with E-state index in [1.54, 1.807) is 0 Å². The molecule has 1 aliphatic carbocycles. The zero-order valence-corrected chi connectivity index (χ0v) is 25.6. The Hall–Kier alpha value is -3.77. The molecule has 2 amide bonds. The molecule has 0 unspecified atom stereocenters. The number of ether oxygens (including phenoxy) is 2. The van der Waals surface area contributed by atoms with Gasteiger partial charge in [0.15, 0.2) is 0 Å². The van der Waals surface area contributed by atoms with Crippen LogP contribution in [-0.2, 0) is 30.7 Å². The predicted octanol–water partition coefficient (Wildman–Crippen LogP) is 3.55. The number of carbonyl (C=O) groups is 2. The highest BCUT2D eigenvalue weighted by molar-refractivity contribution is 7.90. The van der Waals surface area contributed by atoms with E-state index in [0.29, 0.717) is 38.2 Å². The lowest BCUT2D eigenvalue weighted by atomic mass is 9.84. The number of morpholine rings is 1. The zero-order valence-electron chi connectivity index (χ0n) is 24.8. The molecule has 3 aromatic rings. The summed E-state index contributed by atoms with van der Waals surface area (Å²) >= 11 is 0. The molecule has 0 bridgehead atoms. The average Bonchev–Trinajstić information content (AvgIpc) is 3.91. The van der Waals surface area contributed by atoms with E-state index in [2.05, 4.69) is 20.7 Å². The summed E-state index contributed by atoms with van der Waals surface area (Å²) in [7, 11) is -1.95. The fourth-order valence-corrected chi connectivity index (χ4v) is 6.89. The maximum Gasteiger partial charge on any atom is 0.407 e. The number of benzene rings is 3. The van der Waals surface area contributed by atoms with Crippen molar-refractivity contribution in [1.29, 1.82) is 0 Å². The number of hydrogen-bond acceptors (Lipinski definition) is 7. The summed E-state index contributed by atoms with van der Waals surface area (Å²) in [6.45, 7) is 1.33. The summed E-state index contributed by atoms with van der Waals surface area (Å²) in [5.74, 6) is -0.834. The van der Waals surface area contributed by atoms with Crippen LogP contribution < -0.4 is 20.7 Å². The largest absolute Gasteiger partial charge is 0.453 e. The molecule has 0 aromatic heterocycles. The maximum absolute atomic E-state index is 14.0. The normalized spacial score (nSPS) is 19.2. The van der Waals surface area contributed by atoms with E-state index in [1.165, 1.54) is 7.11 Å². The average molecular weight is 621 g/mol. The third kappa shape index (κ3) is 8.44. The minimum Gasteiger partial charge on any atom is -0.453 e. The first-order chi connectivity index (χ1) is 21.3. The zero-order chi connectivity index (χ0) is 30.9. The highest BCUT2D eigenvalue weighted by atomic mass is 32.2. The smallest absolute Gasteiger partial charge is 0.407 e. The van der Waals surface area contributed by atoms with Crippen molar-refractivity contribution in [2.45, 2.75) is 55.0 Å². The molecule has 3 atom stereocenters. The maximum atomic E-state index is 14.0. The summed E-state index contributed by atoms with van der Waals surface area (Å²) in [5.41, 5.74) is 3.36. The van der Waals surface area contributed by atoms with Gasteiger partial charge in [-0.3, -0.25) is 4.79 Å². The molecule has 1 saturated heterocycles. The molecule has 10 nitrogen and oxygen atoms in total. The molecule has 0 radical (unpaired) electrons. The lowest BCUT2D eigenvalue weighted by molar-refractivity contribution is -0.118. The van der Waals surface area contributed by atoms with Crippen molar-refractivity contribution in [2.75, 3.05) is 32.1 Å². The Morgan fingerprint density at radius 3 is 2.18 bits per heavy atom. The molecule has 1 saturated carbocycles. The number of hydrogen-bond donors (Lipinski definition) is 4. The van der Waals surface area contributed by atoms with Crippen molar-refractivity contribution in [3.63, 3.8) is 0 Å². The molecule has 5 rings (SSSR count). The van der Waals surface area contributed by atoms with Gasteiger partial charge in [-0.05, 0) is 48.4 Å². The van der Waals surface area contributed by atoms with Crippen molar-refractivity contribution >= 4 is 27.7 Å². The van der Waals surface area contributed by atoms with E-state index >= 15 is 0 Å². The molecule has 2 aliphatic rings. The van der Waals surface area contributed by atoms with Crippen LogP contribution in [0, 0.1) is 0 Å². The molecule has 0 spiro atoms. The van der Waals surface area contributed by atoms with Crippen LogP contribution in [0.4, 0.5) is 10.5 Å². The highest BCUT2D eigenvalue weighted by Gasteiger charge is 2.36. The second kappa shape index (κ2) is 14.8. The molecule has 3 aromatic carbocycles. The molecule has 1 aliphatic heterocycles. The van der Waals surface area contributed by atoms with Crippen molar-refractivity contribution in [3.8, 4) is 0 Å². The summed E-state index contributed by atoms with van der Waals surface area (Å²) in [5, 5.41) is 9.00. The predicted molar refractivity (Wildman–Crippen MR) is 169 cm³/mol. The molecule has 11 heteroatoms. The van der Waals surface area contributed by atoms with Crippen LogP contribution in [0.25, 0.3) is 0 Å². The van der Waals surface area contributed by atoms with Gasteiger partial charge in [-0.15, -0.1) is 0 Å². The third-order valence-electron chi connectivity index (χ3n) is 8.06. The van der Waals surface area contributed by atoms with Gasteiger partial charge in [0.1, 0.15) is 6.04 Å². The molecule has 1 heterocycles. The highest BCUT2D eigenvalue weighted by Crippen LogP contribution is 2.30. The van der Waals surface area contributed by atoms with Gasteiger partial charge in [-0.2, -0.15) is 0 Å². The van der Waals surface area contributed by atoms with E-state index in [0.717, 1.165) is 29.5 Å². The van der Waals surface area contributed by atoms with Crippen molar-refractivity contribution < 1.29 is 27.5 Å². The second-order valence-electron chi connectivity index (χ2n) is 11.3. The van der Waals surface area contributed by atoms with Gasteiger partial charge in [0.25, 0.3) is 0 Å². The molecule has 234 valence electrons. The van der Waals surface area contributed by atoms with Crippen LogP contribution >= 0.6 is 0 Å². The topological polar surface area (TPSA) is 135 Å². The quantitative estimate of drug-likeness (QED) is 0.230. The van der Waals surface area contributed by atoms with E-state index < -0.39 is 28.1 Å². The van der Waals surface area contributed by atoms with E-state index in [9.17, 15) is 18.0 Å². The fourth-order valence-electron chi connectivity index (χ4n) is 5.47. The Bertz CT molecular complexity index is 1450. The first-order valence-electron chi connectivity index (χ1n) is 15.0. The SMILES string of the molecule is COC(=O)N[C@H](C(=O)Nc1ccccc1CC[C@@H]1CN[C@H](CNS(=O)(=O)C2CC2)CO1)C(c1ccccc1)c1ccccc1. The lowest BCUT2D eigenvalue weighted by Crippen LogP contribution is -2.51. The van der Waals surface area contributed by atoms with Gasteiger partial charge in [-0.1, -0.05) is 78.9 Å². The number of methoxy groups -OCH3 is 1. The van der Waals surface area contributed by atoms with Crippen LogP contribution in [0.3, 0.4) is 0 Å². The third-order valence-corrected chi connectivity index (χ3v) is 9.98. The van der Waals surface area contributed by atoms with Crippen LogP contribution in [0.2, 0.25) is 0 Å². The van der Waals surface area contributed by atoms with Crippen LogP contribution in [0.5, 0.6) is 0 Å². The van der Waals surface area contributed by atoms with Gasteiger partial charge in [-0.25, -0.2) is 17.9 Å². The van der Waals surface area contributed by atoms with E-state index in [4.69, 9.17) is 9.47 Å². The summed E-state index contributed by atoms with van der Waals surface area (Å²) in [6, 6.07) is 25.8. The van der Waals surface area contributed by atoms with Crippen LogP contribution in [0.15, 0.2) is 84.9 Å². The van der Waals surface area contributed by atoms with Gasteiger partial charge < -0.3 is 25.4 Å². The molecular formula is C33H40N4O6S. The van der Waals surface area contributed by atoms with Crippen LogP contribution in [-0.4, -0.2) is 70.7 Å². The molecule has 44 heavy (non-hydrogen) atoms. The number of para-hydroxylation sites is 1. The molecule has 2 fully saturated rings. The number of amides is 2. The monoisotopic (exact) mass is 620 g/mol. The Morgan fingerprint density at radius 1 is 0.955 bits per heavy atom. The van der Waals surface area contributed by atoms with Gasteiger partial charge in [0.05, 0.1) is 25.1 Å². The number of carbonyl (C=O) groups excluding carboxylic acids is 2. The van der Waals surface area contributed by atoms with Gasteiger partial charge in [0, 0.05) is 30.7 Å². The van der Waals surface area contributed by atoms with Crippen molar-refractivity contribution in [1.82, 2.24) is 15.4 Å². The van der Waals surface area contributed by atoms with E-state index in [-0.39, 0.29) is 23.3 Å². The Balaban J connectivity index is 1.24. The number of sulfonamides is 1. The number of rotatable bonds is 13. The number of alkyl carbamates (subject to hydrolysis) is 1. The lowest BCUT2D eigenvalue weighted by Gasteiger charge is -2.31. The van der Waals surface area contributed by atoms with Crippen molar-refractivity contribution in [2.24, 2.45) is 0 Å². The minimum atomic E-state index is -3.22. The Labute approximate surface area is 259 Å². The first kappa shape index (κ1) is 31.6. The Morgan fingerprint density at radius 2 is 1.59 bits per heavy atom. The summed E-state index contributed by atoms with van der Waals surface area (Å²) in [6.07, 6.45) is 2.08.